The fraction of sp³-hybridized carbons (Fsp3) is 0.100. The highest BCUT2D eigenvalue weighted by Crippen LogP contribution is 2.31. The normalized spacial score (nSPS) is 10.7. The SMILES string of the molecule is Cc1cc2c(S)cc(C(=O)O)cc2s1. The lowest BCUT2D eigenvalue weighted by atomic mass is 10.2. The van der Waals surface area contributed by atoms with E-state index in [1.807, 2.05) is 13.0 Å². The summed E-state index contributed by atoms with van der Waals surface area (Å²) in [5.74, 6) is -0.909. The van der Waals surface area contributed by atoms with Gasteiger partial charge in [0.15, 0.2) is 0 Å². The van der Waals surface area contributed by atoms with E-state index < -0.39 is 5.97 Å². The van der Waals surface area contributed by atoms with E-state index in [2.05, 4.69) is 12.6 Å². The number of fused-ring (bicyclic) bond motifs is 1. The zero-order valence-electron chi connectivity index (χ0n) is 7.44. The topological polar surface area (TPSA) is 37.3 Å². The monoisotopic (exact) mass is 224 g/mol. The molecule has 0 aliphatic rings. The molecule has 0 atom stereocenters. The molecule has 1 aromatic heterocycles. The maximum absolute atomic E-state index is 10.8. The lowest BCUT2D eigenvalue weighted by Gasteiger charge is -1.98. The number of thiol groups is 1. The third-order valence-corrected chi connectivity index (χ3v) is 3.35. The van der Waals surface area contributed by atoms with Crippen molar-refractivity contribution < 1.29 is 9.90 Å². The molecule has 0 bridgehead atoms. The number of aryl methyl sites for hydroxylation is 1. The summed E-state index contributed by atoms with van der Waals surface area (Å²) in [5.41, 5.74) is 0.296. The Bertz CT molecular complexity index is 514. The van der Waals surface area contributed by atoms with E-state index in [9.17, 15) is 4.79 Å². The summed E-state index contributed by atoms with van der Waals surface area (Å²) in [6.07, 6.45) is 0. The van der Waals surface area contributed by atoms with Crippen molar-refractivity contribution in [3.63, 3.8) is 0 Å². The molecule has 2 rings (SSSR count). The van der Waals surface area contributed by atoms with Crippen molar-refractivity contribution in [2.24, 2.45) is 0 Å². The Balaban J connectivity index is 2.77. The van der Waals surface area contributed by atoms with Gasteiger partial charge < -0.3 is 5.11 Å². The molecule has 4 heteroatoms. The molecular weight excluding hydrogens is 216 g/mol. The van der Waals surface area contributed by atoms with E-state index in [0.29, 0.717) is 5.56 Å². The van der Waals surface area contributed by atoms with Gasteiger partial charge in [-0.25, -0.2) is 4.79 Å². The van der Waals surface area contributed by atoms with Crippen LogP contribution in [0.1, 0.15) is 15.2 Å². The number of rotatable bonds is 1. The van der Waals surface area contributed by atoms with Gasteiger partial charge in [-0.05, 0) is 25.1 Å². The predicted octanol–water partition coefficient (Wildman–Crippen LogP) is 3.20. The first-order chi connectivity index (χ1) is 6.58. The van der Waals surface area contributed by atoms with Crippen LogP contribution in [0.4, 0.5) is 0 Å². The Hall–Kier alpha value is -1.000. The summed E-state index contributed by atoms with van der Waals surface area (Å²) < 4.78 is 0.979. The summed E-state index contributed by atoms with van der Waals surface area (Å²) in [4.78, 5) is 12.7. The number of carboxylic acid groups (broad SMARTS) is 1. The zero-order valence-corrected chi connectivity index (χ0v) is 9.15. The van der Waals surface area contributed by atoms with Gasteiger partial charge in [-0.15, -0.1) is 24.0 Å². The maximum Gasteiger partial charge on any atom is 0.335 e. The van der Waals surface area contributed by atoms with Gasteiger partial charge in [0, 0.05) is 19.9 Å². The highest BCUT2D eigenvalue weighted by molar-refractivity contribution is 7.80. The number of carbonyl (C=O) groups is 1. The second-order valence-electron chi connectivity index (χ2n) is 3.07. The van der Waals surface area contributed by atoms with E-state index >= 15 is 0 Å². The minimum atomic E-state index is -0.909. The van der Waals surface area contributed by atoms with Gasteiger partial charge in [0.2, 0.25) is 0 Å². The van der Waals surface area contributed by atoms with Crippen LogP contribution < -0.4 is 0 Å². The van der Waals surface area contributed by atoms with Crippen LogP contribution in [0.5, 0.6) is 0 Å². The highest BCUT2D eigenvalue weighted by atomic mass is 32.1. The van der Waals surface area contributed by atoms with E-state index in [1.165, 1.54) is 0 Å². The van der Waals surface area contributed by atoms with Gasteiger partial charge in [0.1, 0.15) is 0 Å². The lowest BCUT2D eigenvalue weighted by molar-refractivity contribution is 0.0697. The van der Waals surface area contributed by atoms with Gasteiger partial charge in [-0.1, -0.05) is 0 Å². The van der Waals surface area contributed by atoms with Crippen molar-refractivity contribution in [1.29, 1.82) is 0 Å². The summed E-state index contributed by atoms with van der Waals surface area (Å²) in [6.45, 7) is 2.00. The Morgan fingerprint density at radius 1 is 1.43 bits per heavy atom. The highest BCUT2D eigenvalue weighted by Gasteiger charge is 2.08. The standard InChI is InChI=1S/C10H8O2S2/c1-5-2-7-8(13)3-6(10(11)12)4-9(7)14-5/h2-4,13H,1H3,(H,11,12). The number of carboxylic acids is 1. The molecule has 1 aromatic carbocycles. The molecule has 14 heavy (non-hydrogen) atoms. The molecule has 0 saturated heterocycles. The van der Waals surface area contributed by atoms with Crippen molar-refractivity contribution in [3.05, 3.63) is 28.6 Å². The van der Waals surface area contributed by atoms with E-state index in [-0.39, 0.29) is 0 Å². The van der Waals surface area contributed by atoms with Gasteiger partial charge in [0.05, 0.1) is 5.56 Å². The van der Waals surface area contributed by atoms with Crippen molar-refractivity contribution in [2.45, 2.75) is 11.8 Å². The molecule has 0 amide bonds. The summed E-state index contributed by atoms with van der Waals surface area (Å²) in [7, 11) is 0. The van der Waals surface area contributed by atoms with Gasteiger partial charge in [0.25, 0.3) is 0 Å². The van der Waals surface area contributed by atoms with Crippen molar-refractivity contribution >= 4 is 40.0 Å². The van der Waals surface area contributed by atoms with Crippen LogP contribution >= 0.6 is 24.0 Å². The first-order valence-corrected chi connectivity index (χ1v) is 5.31. The Morgan fingerprint density at radius 3 is 2.79 bits per heavy atom. The smallest absolute Gasteiger partial charge is 0.335 e. The molecule has 0 unspecified atom stereocenters. The van der Waals surface area contributed by atoms with Gasteiger partial charge in [-0.3, -0.25) is 0 Å². The molecule has 0 saturated carbocycles. The van der Waals surface area contributed by atoms with Gasteiger partial charge in [-0.2, -0.15) is 0 Å². The molecule has 1 heterocycles. The fourth-order valence-electron chi connectivity index (χ4n) is 1.37. The van der Waals surface area contributed by atoms with Crippen molar-refractivity contribution in [2.75, 3.05) is 0 Å². The zero-order chi connectivity index (χ0) is 10.3. The second-order valence-corrected chi connectivity index (χ2v) is 4.84. The molecule has 0 aliphatic carbocycles. The minimum Gasteiger partial charge on any atom is -0.478 e. The van der Waals surface area contributed by atoms with Crippen LogP contribution in [0.3, 0.4) is 0 Å². The Labute approximate surface area is 90.6 Å². The molecule has 0 spiro atoms. The number of benzene rings is 1. The van der Waals surface area contributed by atoms with Crippen molar-refractivity contribution in [1.82, 2.24) is 0 Å². The maximum atomic E-state index is 10.8. The fourth-order valence-corrected chi connectivity index (χ4v) is 2.76. The number of thiophene rings is 1. The van der Waals surface area contributed by atoms with E-state index in [1.54, 1.807) is 23.5 Å². The van der Waals surface area contributed by atoms with Crippen LogP contribution in [-0.2, 0) is 0 Å². The molecule has 2 aromatic rings. The number of hydrogen-bond acceptors (Lipinski definition) is 3. The molecule has 72 valence electrons. The van der Waals surface area contributed by atoms with Crippen LogP contribution in [0.25, 0.3) is 10.1 Å². The molecule has 0 radical (unpaired) electrons. The Kier molecular flexibility index (Phi) is 2.25. The molecule has 2 nitrogen and oxygen atoms in total. The number of aromatic carboxylic acids is 1. The van der Waals surface area contributed by atoms with Crippen LogP contribution in [0.15, 0.2) is 23.1 Å². The molecule has 0 aliphatic heterocycles. The second kappa shape index (κ2) is 3.29. The molecule has 1 N–H and O–H groups in total. The summed E-state index contributed by atoms with van der Waals surface area (Å²) in [6, 6.07) is 5.29. The summed E-state index contributed by atoms with van der Waals surface area (Å²) >= 11 is 5.86. The average Bonchev–Trinajstić information content (AvgIpc) is 2.45. The van der Waals surface area contributed by atoms with Crippen LogP contribution in [0.2, 0.25) is 0 Å². The van der Waals surface area contributed by atoms with Crippen LogP contribution in [0, 0.1) is 6.92 Å². The Morgan fingerprint density at radius 2 is 2.14 bits per heavy atom. The van der Waals surface area contributed by atoms with Gasteiger partial charge >= 0.3 is 5.97 Å². The third-order valence-electron chi connectivity index (χ3n) is 1.99. The first kappa shape index (κ1) is 9.55. The predicted molar refractivity (Wildman–Crippen MR) is 60.8 cm³/mol. The van der Waals surface area contributed by atoms with E-state index in [4.69, 9.17) is 5.11 Å². The third kappa shape index (κ3) is 1.51. The van der Waals surface area contributed by atoms with Crippen molar-refractivity contribution in [3.8, 4) is 0 Å². The molecular formula is C10H8O2S2. The lowest BCUT2D eigenvalue weighted by Crippen LogP contribution is -1.95. The summed E-state index contributed by atoms with van der Waals surface area (Å²) in [5, 5.41) is 9.87. The largest absolute Gasteiger partial charge is 0.478 e. The number of hydrogen-bond donors (Lipinski definition) is 2. The molecule has 0 fully saturated rings. The quantitative estimate of drug-likeness (QED) is 0.730. The van der Waals surface area contributed by atoms with Crippen LogP contribution in [-0.4, -0.2) is 11.1 Å². The van der Waals surface area contributed by atoms with E-state index in [0.717, 1.165) is 19.9 Å². The first-order valence-electron chi connectivity index (χ1n) is 4.04. The minimum absolute atomic E-state index is 0.296. The average molecular weight is 224 g/mol.